The molecular formula is C25H31Cl2NO3S2. The molecule has 0 N–H and O–H groups in total. The van der Waals surface area contributed by atoms with Crippen molar-refractivity contribution >= 4 is 52.2 Å². The molecule has 0 atom stereocenters. The Hall–Kier alpha value is -1.28. The molecule has 180 valence electrons. The average Bonchev–Trinajstić information content (AvgIpc) is 2.79. The van der Waals surface area contributed by atoms with Crippen LogP contribution in [0.2, 0.25) is 0 Å². The first-order valence-electron chi connectivity index (χ1n) is 10.6. The quantitative estimate of drug-likeness (QED) is 0.282. The lowest BCUT2D eigenvalue weighted by atomic mass is 9.92. The number of hydrogen-bond donors (Lipinski definition) is 0. The summed E-state index contributed by atoms with van der Waals surface area (Å²) in [5.74, 6) is 0. The van der Waals surface area contributed by atoms with Crippen LogP contribution < -0.4 is 0 Å². The summed E-state index contributed by atoms with van der Waals surface area (Å²) in [7, 11) is 4.81. The van der Waals surface area contributed by atoms with Crippen LogP contribution in [-0.2, 0) is 19.4 Å². The third-order valence-electron chi connectivity index (χ3n) is 5.32. The van der Waals surface area contributed by atoms with E-state index >= 15 is 0 Å². The molecule has 0 aromatic heterocycles. The fraction of sp³-hybridized carbons (Fsp3) is 0.360. The number of nitrogens with zero attached hydrogens (tertiary/aromatic N) is 1. The van der Waals surface area contributed by atoms with Gasteiger partial charge >= 0.3 is 8.26 Å². The normalized spacial score (nSPS) is 14.6. The summed E-state index contributed by atoms with van der Waals surface area (Å²) >= 11 is 1.80. The van der Waals surface area contributed by atoms with Crippen molar-refractivity contribution in [3.05, 3.63) is 78.4 Å². The standard InChI is InChI=1S/C15H23NOS.C10H8.Cl2O2S/c1-15(2,16-8-10-17-11-9-16)12-13-4-6-14(18-3)7-5-13;1-2-6-10-8-4-3-7-9(10)5-1;1-5(2,3)4/h4-7H,8-12H2,1-3H3;1-8H;. The molecule has 0 spiro atoms. The number of rotatable bonds is 4. The fourth-order valence-electron chi connectivity index (χ4n) is 3.66. The van der Waals surface area contributed by atoms with E-state index in [1.165, 1.54) is 21.2 Å². The topological polar surface area (TPSA) is 46.6 Å². The van der Waals surface area contributed by atoms with E-state index in [1.807, 2.05) is 0 Å². The number of benzene rings is 3. The van der Waals surface area contributed by atoms with Gasteiger partial charge in [-0.05, 0) is 55.0 Å². The zero-order valence-electron chi connectivity index (χ0n) is 19.2. The molecule has 1 aliphatic rings. The monoisotopic (exact) mass is 527 g/mol. The molecule has 0 unspecified atom stereocenters. The van der Waals surface area contributed by atoms with E-state index in [1.54, 1.807) is 11.8 Å². The Labute approximate surface area is 211 Å². The van der Waals surface area contributed by atoms with E-state index in [4.69, 9.17) is 13.2 Å². The van der Waals surface area contributed by atoms with Gasteiger partial charge < -0.3 is 4.74 Å². The zero-order valence-corrected chi connectivity index (χ0v) is 22.4. The Bertz CT molecular complexity index is 1010. The minimum atomic E-state index is -3.72. The second-order valence-electron chi connectivity index (χ2n) is 8.16. The van der Waals surface area contributed by atoms with Crippen LogP contribution in [0.15, 0.2) is 77.7 Å². The maximum Gasteiger partial charge on any atom is 0.317 e. The lowest BCUT2D eigenvalue weighted by Gasteiger charge is -2.41. The Morgan fingerprint density at radius 1 is 0.879 bits per heavy atom. The fourth-order valence-corrected chi connectivity index (χ4v) is 4.06. The molecule has 0 amide bonds. The van der Waals surface area contributed by atoms with E-state index in [0.717, 1.165) is 32.7 Å². The van der Waals surface area contributed by atoms with Crippen LogP contribution in [0, 0.1) is 0 Å². The van der Waals surface area contributed by atoms with E-state index in [9.17, 15) is 0 Å². The molecular weight excluding hydrogens is 497 g/mol. The lowest BCUT2D eigenvalue weighted by Crippen LogP contribution is -2.51. The highest BCUT2D eigenvalue weighted by Gasteiger charge is 2.28. The first-order chi connectivity index (χ1) is 15.6. The largest absolute Gasteiger partial charge is 0.379 e. The van der Waals surface area contributed by atoms with E-state index in [-0.39, 0.29) is 5.54 Å². The summed E-state index contributed by atoms with van der Waals surface area (Å²) in [4.78, 5) is 3.88. The SMILES string of the molecule is CSc1ccc(CC(C)(C)N2CCOCC2)cc1.O=S(=O)(Cl)Cl.c1ccc2ccccc2c1. The van der Waals surface area contributed by atoms with Gasteiger partial charge in [-0.3, -0.25) is 4.90 Å². The van der Waals surface area contributed by atoms with Crippen LogP contribution in [-0.4, -0.2) is 51.4 Å². The molecule has 1 aliphatic heterocycles. The molecule has 8 heteroatoms. The zero-order chi connectivity index (χ0) is 24.3. The van der Waals surface area contributed by atoms with Gasteiger partial charge in [0.05, 0.1) is 13.2 Å². The van der Waals surface area contributed by atoms with Crippen molar-refractivity contribution in [3.8, 4) is 0 Å². The molecule has 0 radical (unpaired) electrons. The van der Waals surface area contributed by atoms with Crippen molar-refractivity contribution in [1.29, 1.82) is 0 Å². The van der Waals surface area contributed by atoms with Crippen LogP contribution in [0.5, 0.6) is 0 Å². The minimum absolute atomic E-state index is 0.213. The summed E-state index contributed by atoms with van der Waals surface area (Å²) in [5.41, 5.74) is 1.63. The first-order valence-corrected chi connectivity index (χ1v) is 15.0. The van der Waals surface area contributed by atoms with Gasteiger partial charge in [-0.2, -0.15) is 8.42 Å². The molecule has 3 aromatic rings. The number of thioether (sulfide) groups is 1. The molecule has 0 aliphatic carbocycles. The van der Waals surface area contributed by atoms with Crippen LogP contribution in [0.1, 0.15) is 19.4 Å². The summed E-state index contributed by atoms with van der Waals surface area (Å²) in [6, 6.07) is 25.7. The average molecular weight is 529 g/mol. The molecule has 4 nitrogen and oxygen atoms in total. The first kappa shape index (κ1) is 28.0. The molecule has 33 heavy (non-hydrogen) atoms. The highest BCUT2D eigenvalue weighted by atomic mass is 36.0. The number of hydrogen-bond acceptors (Lipinski definition) is 5. The van der Waals surface area contributed by atoms with Gasteiger partial charge in [0.2, 0.25) is 0 Å². The highest BCUT2D eigenvalue weighted by Crippen LogP contribution is 2.23. The van der Waals surface area contributed by atoms with Crippen molar-refractivity contribution in [2.24, 2.45) is 0 Å². The van der Waals surface area contributed by atoms with Gasteiger partial charge in [-0.25, -0.2) is 0 Å². The van der Waals surface area contributed by atoms with Crippen molar-refractivity contribution in [1.82, 2.24) is 4.90 Å². The number of halogens is 2. The molecule has 1 saturated heterocycles. The lowest BCUT2D eigenvalue weighted by molar-refractivity contribution is -0.00984. The van der Waals surface area contributed by atoms with Crippen LogP contribution in [0.3, 0.4) is 0 Å². The molecule has 1 heterocycles. The summed E-state index contributed by atoms with van der Waals surface area (Å²) < 4.78 is 23.8. The number of fused-ring (bicyclic) bond motifs is 1. The van der Waals surface area contributed by atoms with Crippen LogP contribution in [0.25, 0.3) is 10.8 Å². The molecule has 1 fully saturated rings. The van der Waals surface area contributed by atoms with E-state index in [2.05, 4.69) is 119 Å². The van der Waals surface area contributed by atoms with Crippen LogP contribution in [0.4, 0.5) is 0 Å². The Morgan fingerprint density at radius 3 is 1.70 bits per heavy atom. The highest BCUT2D eigenvalue weighted by molar-refractivity contribution is 8.31. The van der Waals surface area contributed by atoms with Gasteiger partial charge in [-0.15, -0.1) is 11.8 Å². The van der Waals surface area contributed by atoms with Gasteiger partial charge in [0.1, 0.15) is 0 Å². The smallest absolute Gasteiger partial charge is 0.317 e. The van der Waals surface area contributed by atoms with Gasteiger partial charge in [0.15, 0.2) is 0 Å². The molecule has 0 bridgehead atoms. The van der Waals surface area contributed by atoms with Crippen molar-refractivity contribution in [2.45, 2.75) is 30.7 Å². The molecule has 0 saturated carbocycles. The maximum atomic E-state index is 9.16. The van der Waals surface area contributed by atoms with Gasteiger partial charge in [0.25, 0.3) is 0 Å². The predicted octanol–water partition coefficient (Wildman–Crippen LogP) is 6.61. The van der Waals surface area contributed by atoms with E-state index < -0.39 is 8.26 Å². The van der Waals surface area contributed by atoms with Crippen LogP contribution >= 0.6 is 33.1 Å². The van der Waals surface area contributed by atoms with Crippen molar-refractivity contribution < 1.29 is 13.2 Å². The Balaban J connectivity index is 0.000000214. The Kier molecular flexibility index (Phi) is 11.5. The second kappa shape index (κ2) is 13.6. The third kappa shape index (κ3) is 11.1. The molecule has 4 rings (SSSR count). The summed E-state index contributed by atoms with van der Waals surface area (Å²) in [5, 5.41) is 2.62. The summed E-state index contributed by atoms with van der Waals surface area (Å²) in [6.45, 7) is 8.51. The maximum absolute atomic E-state index is 9.16. The molecule has 3 aromatic carbocycles. The van der Waals surface area contributed by atoms with Gasteiger partial charge in [-0.1, -0.05) is 60.7 Å². The second-order valence-corrected chi connectivity index (χ2v) is 12.7. The van der Waals surface area contributed by atoms with Crippen molar-refractivity contribution in [2.75, 3.05) is 32.6 Å². The third-order valence-corrected chi connectivity index (χ3v) is 6.07. The Morgan fingerprint density at radius 2 is 1.30 bits per heavy atom. The predicted molar refractivity (Wildman–Crippen MR) is 143 cm³/mol. The van der Waals surface area contributed by atoms with Crippen molar-refractivity contribution in [3.63, 3.8) is 0 Å². The minimum Gasteiger partial charge on any atom is -0.379 e. The number of ether oxygens (including phenoxy) is 1. The van der Waals surface area contributed by atoms with E-state index in [0.29, 0.717) is 0 Å². The summed E-state index contributed by atoms with van der Waals surface area (Å²) in [6.07, 6.45) is 3.22. The van der Waals surface area contributed by atoms with Gasteiger partial charge in [0, 0.05) is 44.9 Å². The number of morpholine rings is 1.